The predicted molar refractivity (Wildman–Crippen MR) is 82.2 cm³/mol. The number of aryl methyl sites for hydroxylation is 1. The molecule has 0 spiro atoms. The monoisotopic (exact) mass is 278 g/mol. The molecule has 1 aromatic rings. The van der Waals surface area contributed by atoms with E-state index >= 15 is 0 Å². The minimum Gasteiger partial charge on any atom is -0.396 e. The van der Waals surface area contributed by atoms with Gasteiger partial charge in [0.25, 0.3) is 0 Å². The molecule has 4 nitrogen and oxygen atoms in total. The molecule has 1 heterocycles. The van der Waals surface area contributed by atoms with Crippen LogP contribution in [0.2, 0.25) is 0 Å². The third kappa shape index (κ3) is 4.20. The molecular weight excluding hydrogens is 252 g/mol. The summed E-state index contributed by atoms with van der Waals surface area (Å²) < 4.78 is 0. The first-order chi connectivity index (χ1) is 9.85. The van der Waals surface area contributed by atoms with E-state index in [9.17, 15) is 0 Å². The molecule has 0 unspecified atom stereocenters. The first-order valence-electron chi connectivity index (χ1n) is 7.62. The van der Waals surface area contributed by atoms with Gasteiger partial charge in [-0.3, -0.25) is 4.90 Å². The summed E-state index contributed by atoms with van der Waals surface area (Å²) in [5, 5.41) is 18.0. The highest BCUT2D eigenvalue weighted by Crippen LogP contribution is 2.26. The third-order valence-corrected chi connectivity index (χ3v) is 3.94. The number of fused-ring (bicyclic) bond motifs is 1. The summed E-state index contributed by atoms with van der Waals surface area (Å²) in [6.45, 7) is 4.99. The Morgan fingerprint density at radius 1 is 1.05 bits per heavy atom. The highest BCUT2D eigenvalue weighted by molar-refractivity contribution is 5.55. The molecule has 4 heteroatoms. The van der Waals surface area contributed by atoms with Gasteiger partial charge in [-0.25, -0.2) is 0 Å². The standard InChI is InChI=1S/C16H26N2O2/c19-13-4-8-17(12-14-20)10-11-18-9-3-6-15-5-1-2-7-16(15)18/h1-2,5,7,19-20H,3-4,6,8-14H2. The number of hydrogen-bond donors (Lipinski definition) is 2. The molecule has 0 atom stereocenters. The lowest BCUT2D eigenvalue weighted by Gasteiger charge is -2.33. The lowest BCUT2D eigenvalue weighted by atomic mass is 10.0. The minimum atomic E-state index is 0.183. The first kappa shape index (κ1) is 15.3. The molecule has 0 aliphatic carbocycles. The topological polar surface area (TPSA) is 46.9 Å². The SMILES string of the molecule is OCCCN(CCO)CCN1CCCc2ccccc21. The molecule has 112 valence electrons. The van der Waals surface area contributed by atoms with Gasteiger partial charge >= 0.3 is 0 Å². The normalized spacial score (nSPS) is 14.7. The second-order valence-electron chi connectivity index (χ2n) is 5.36. The molecule has 1 aromatic carbocycles. The van der Waals surface area contributed by atoms with Gasteiger partial charge in [-0.2, -0.15) is 0 Å². The summed E-state index contributed by atoms with van der Waals surface area (Å²) >= 11 is 0. The van der Waals surface area contributed by atoms with Gasteiger partial charge in [0.15, 0.2) is 0 Å². The van der Waals surface area contributed by atoms with E-state index in [0.717, 1.165) is 32.6 Å². The van der Waals surface area contributed by atoms with Crippen LogP contribution in [0.4, 0.5) is 5.69 Å². The van der Waals surface area contributed by atoms with Crippen LogP contribution in [0.25, 0.3) is 0 Å². The number of aliphatic hydroxyl groups excluding tert-OH is 2. The number of rotatable bonds is 8. The second kappa shape index (κ2) is 8.25. The van der Waals surface area contributed by atoms with Crippen molar-refractivity contribution in [3.63, 3.8) is 0 Å². The number of anilines is 1. The molecule has 0 bridgehead atoms. The Kier molecular flexibility index (Phi) is 6.30. The Morgan fingerprint density at radius 3 is 2.70 bits per heavy atom. The number of benzene rings is 1. The molecule has 0 saturated heterocycles. The van der Waals surface area contributed by atoms with Crippen molar-refractivity contribution in [2.75, 3.05) is 50.8 Å². The zero-order valence-electron chi connectivity index (χ0n) is 12.2. The molecule has 2 rings (SSSR count). The highest BCUT2D eigenvalue weighted by atomic mass is 16.3. The zero-order valence-corrected chi connectivity index (χ0v) is 12.2. The Bertz CT molecular complexity index is 398. The summed E-state index contributed by atoms with van der Waals surface area (Å²) in [5.74, 6) is 0. The van der Waals surface area contributed by atoms with E-state index in [2.05, 4.69) is 34.1 Å². The van der Waals surface area contributed by atoms with Crippen LogP contribution in [-0.2, 0) is 6.42 Å². The fourth-order valence-electron chi connectivity index (χ4n) is 2.88. The molecular formula is C16H26N2O2. The number of hydrogen-bond acceptors (Lipinski definition) is 4. The van der Waals surface area contributed by atoms with E-state index in [1.807, 2.05) is 0 Å². The average molecular weight is 278 g/mol. The quantitative estimate of drug-likeness (QED) is 0.748. The summed E-state index contributed by atoms with van der Waals surface area (Å²) in [7, 11) is 0. The summed E-state index contributed by atoms with van der Waals surface area (Å²) in [4.78, 5) is 4.68. The van der Waals surface area contributed by atoms with Gasteiger partial charge in [-0.15, -0.1) is 0 Å². The van der Waals surface area contributed by atoms with Crippen molar-refractivity contribution in [3.8, 4) is 0 Å². The fraction of sp³-hybridized carbons (Fsp3) is 0.625. The Morgan fingerprint density at radius 2 is 1.90 bits per heavy atom. The number of para-hydroxylation sites is 1. The lowest BCUT2D eigenvalue weighted by molar-refractivity contribution is 0.181. The van der Waals surface area contributed by atoms with Gasteiger partial charge in [0.1, 0.15) is 0 Å². The van der Waals surface area contributed by atoms with E-state index in [1.165, 1.54) is 24.1 Å². The van der Waals surface area contributed by atoms with Crippen LogP contribution in [0.15, 0.2) is 24.3 Å². The Balaban J connectivity index is 1.89. The van der Waals surface area contributed by atoms with Crippen molar-refractivity contribution < 1.29 is 10.2 Å². The maximum atomic E-state index is 9.11. The zero-order chi connectivity index (χ0) is 14.2. The Labute approximate surface area is 121 Å². The number of nitrogens with zero attached hydrogens (tertiary/aromatic N) is 2. The molecule has 1 aliphatic heterocycles. The molecule has 20 heavy (non-hydrogen) atoms. The maximum absolute atomic E-state index is 9.11. The maximum Gasteiger partial charge on any atom is 0.0558 e. The molecule has 1 aliphatic rings. The largest absolute Gasteiger partial charge is 0.396 e. The van der Waals surface area contributed by atoms with E-state index in [-0.39, 0.29) is 13.2 Å². The second-order valence-corrected chi connectivity index (χ2v) is 5.36. The van der Waals surface area contributed by atoms with Gasteiger partial charge in [0.2, 0.25) is 0 Å². The first-order valence-corrected chi connectivity index (χ1v) is 7.62. The number of aliphatic hydroxyl groups is 2. The molecule has 0 amide bonds. The van der Waals surface area contributed by atoms with Gasteiger partial charge < -0.3 is 15.1 Å². The van der Waals surface area contributed by atoms with Crippen LogP contribution in [-0.4, -0.2) is 61.1 Å². The average Bonchev–Trinajstić information content (AvgIpc) is 2.50. The molecule has 0 aromatic heterocycles. The van der Waals surface area contributed by atoms with E-state index < -0.39 is 0 Å². The summed E-state index contributed by atoms with van der Waals surface area (Å²) in [6.07, 6.45) is 3.17. The summed E-state index contributed by atoms with van der Waals surface area (Å²) in [6, 6.07) is 8.65. The summed E-state index contributed by atoms with van der Waals surface area (Å²) in [5.41, 5.74) is 2.81. The van der Waals surface area contributed by atoms with Crippen molar-refractivity contribution in [1.82, 2.24) is 4.90 Å². The Hall–Kier alpha value is -1.10. The van der Waals surface area contributed by atoms with Crippen LogP contribution in [0.1, 0.15) is 18.4 Å². The predicted octanol–water partition coefficient (Wildman–Crippen LogP) is 1.12. The molecule has 2 N–H and O–H groups in total. The third-order valence-electron chi connectivity index (χ3n) is 3.94. The van der Waals surface area contributed by atoms with Crippen molar-refractivity contribution in [1.29, 1.82) is 0 Å². The molecule has 0 radical (unpaired) electrons. The molecule has 0 saturated carbocycles. The fourth-order valence-corrected chi connectivity index (χ4v) is 2.88. The van der Waals surface area contributed by atoms with E-state index in [1.54, 1.807) is 0 Å². The van der Waals surface area contributed by atoms with E-state index in [0.29, 0.717) is 6.54 Å². The van der Waals surface area contributed by atoms with E-state index in [4.69, 9.17) is 10.2 Å². The highest BCUT2D eigenvalue weighted by Gasteiger charge is 2.16. The smallest absolute Gasteiger partial charge is 0.0558 e. The van der Waals surface area contributed by atoms with Crippen LogP contribution in [0.5, 0.6) is 0 Å². The van der Waals surface area contributed by atoms with Crippen molar-refractivity contribution in [3.05, 3.63) is 29.8 Å². The van der Waals surface area contributed by atoms with Crippen LogP contribution < -0.4 is 4.90 Å². The van der Waals surface area contributed by atoms with Gasteiger partial charge in [-0.1, -0.05) is 18.2 Å². The minimum absolute atomic E-state index is 0.183. The molecule has 0 fully saturated rings. The lowest BCUT2D eigenvalue weighted by Crippen LogP contribution is -2.39. The van der Waals surface area contributed by atoms with Gasteiger partial charge in [0, 0.05) is 45.0 Å². The van der Waals surface area contributed by atoms with Crippen LogP contribution >= 0.6 is 0 Å². The van der Waals surface area contributed by atoms with Crippen LogP contribution in [0.3, 0.4) is 0 Å². The van der Waals surface area contributed by atoms with Gasteiger partial charge in [-0.05, 0) is 30.9 Å². The van der Waals surface area contributed by atoms with Crippen molar-refractivity contribution >= 4 is 5.69 Å². The van der Waals surface area contributed by atoms with Crippen molar-refractivity contribution in [2.45, 2.75) is 19.3 Å². The van der Waals surface area contributed by atoms with Crippen LogP contribution in [0, 0.1) is 0 Å². The van der Waals surface area contributed by atoms with Gasteiger partial charge in [0.05, 0.1) is 6.61 Å². The van der Waals surface area contributed by atoms with Crippen molar-refractivity contribution in [2.24, 2.45) is 0 Å².